The van der Waals surface area contributed by atoms with Gasteiger partial charge in [0.1, 0.15) is 11.6 Å². The highest BCUT2D eigenvalue weighted by Gasteiger charge is 2.29. The molecule has 0 atom stereocenters. The fourth-order valence-electron chi connectivity index (χ4n) is 2.68. The predicted octanol–water partition coefficient (Wildman–Crippen LogP) is 5.13. The molecule has 0 saturated carbocycles. The first kappa shape index (κ1) is 18.5. The highest BCUT2D eigenvalue weighted by atomic mass is 19.4. The normalized spacial score (nSPS) is 11.3. The Morgan fingerprint density at radius 2 is 1.59 bits per heavy atom. The van der Waals surface area contributed by atoms with Crippen LogP contribution in [0.1, 0.15) is 22.8 Å². The van der Waals surface area contributed by atoms with Crippen LogP contribution in [0.25, 0.3) is 21.6 Å². The van der Waals surface area contributed by atoms with E-state index < -0.39 is 11.7 Å². The van der Waals surface area contributed by atoms with Crippen molar-refractivity contribution >= 4 is 0 Å². The molecular formula is C18H15F3N6. The second kappa shape index (κ2) is 7.51. The van der Waals surface area contributed by atoms with Gasteiger partial charge in [-0.25, -0.2) is 0 Å². The number of aromatic nitrogens is 3. The van der Waals surface area contributed by atoms with Crippen molar-refractivity contribution in [2.45, 2.75) is 26.2 Å². The minimum absolute atomic E-state index is 0.112. The summed E-state index contributed by atoms with van der Waals surface area (Å²) >= 11 is 0. The Hall–Kier alpha value is -3.32. The largest absolute Gasteiger partial charge is 0.416 e. The maximum absolute atomic E-state index is 12.7. The van der Waals surface area contributed by atoms with E-state index in [9.17, 15) is 13.2 Å². The summed E-state index contributed by atoms with van der Waals surface area (Å²) in [6.45, 7) is 2.42. The third-order valence-electron chi connectivity index (χ3n) is 4.13. The SMILES string of the molecule is Cc1nnc(CN=[N+]=[N-])n1Cc1ccc(-c2ccc(C(F)(F)F)cc2)cc1. The molecular weight excluding hydrogens is 357 g/mol. The molecule has 1 aromatic heterocycles. The van der Waals surface area contributed by atoms with E-state index in [1.54, 1.807) is 0 Å². The lowest BCUT2D eigenvalue weighted by atomic mass is 10.0. The molecule has 0 aliphatic rings. The highest BCUT2D eigenvalue weighted by Crippen LogP contribution is 2.31. The van der Waals surface area contributed by atoms with Crippen molar-refractivity contribution in [2.24, 2.45) is 5.11 Å². The van der Waals surface area contributed by atoms with Gasteiger partial charge in [-0.2, -0.15) is 13.2 Å². The third-order valence-corrected chi connectivity index (χ3v) is 4.13. The van der Waals surface area contributed by atoms with Crippen LogP contribution in [0.5, 0.6) is 0 Å². The average molecular weight is 372 g/mol. The smallest absolute Gasteiger partial charge is 0.311 e. The van der Waals surface area contributed by atoms with Crippen LogP contribution in [0.4, 0.5) is 13.2 Å². The van der Waals surface area contributed by atoms with Crippen molar-refractivity contribution in [3.05, 3.63) is 81.7 Å². The topological polar surface area (TPSA) is 79.5 Å². The minimum atomic E-state index is -4.34. The van der Waals surface area contributed by atoms with Crippen LogP contribution in [-0.4, -0.2) is 14.8 Å². The van der Waals surface area contributed by atoms with E-state index in [1.807, 2.05) is 35.8 Å². The molecule has 0 unspecified atom stereocenters. The third kappa shape index (κ3) is 4.27. The number of hydrogen-bond donors (Lipinski definition) is 0. The molecule has 9 heteroatoms. The van der Waals surface area contributed by atoms with Gasteiger partial charge in [0.25, 0.3) is 0 Å². The second-order valence-corrected chi connectivity index (χ2v) is 5.91. The van der Waals surface area contributed by atoms with Crippen LogP contribution in [-0.2, 0) is 19.3 Å². The Morgan fingerprint density at radius 1 is 1.00 bits per heavy atom. The Morgan fingerprint density at radius 3 is 2.15 bits per heavy atom. The number of alkyl halides is 3. The lowest BCUT2D eigenvalue weighted by Gasteiger charge is -2.10. The van der Waals surface area contributed by atoms with Gasteiger partial charge >= 0.3 is 6.18 Å². The fourth-order valence-corrected chi connectivity index (χ4v) is 2.68. The average Bonchev–Trinajstić information content (AvgIpc) is 3.00. The van der Waals surface area contributed by atoms with E-state index in [0.29, 0.717) is 23.8 Å². The van der Waals surface area contributed by atoms with E-state index in [0.717, 1.165) is 23.3 Å². The van der Waals surface area contributed by atoms with Crippen LogP contribution < -0.4 is 0 Å². The zero-order chi connectivity index (χ0) is 19.4. The Labute approximate surface area is 152 Å². The molecule has 1 heterocycles. The summed E-state index contributed by atoms with van der Waals surface area (Å²) in [4.78, 5) is 2.73. The van der Waals surface area contributed by atoms with Crippen LogP contribution in [0, 0.1) is 6.92 Å². The van der Waals surface area contributed by atoms with Gasteiger partial charge in [-0.3, -0.25) is 0 Å². The lowest BCUT2D eigenvalue weighted by molar-refractivity contribution is -0.137. The molecule has 2 aromatic carbocycles. The number of hydrogen-bond acceptors (Lipinski definition) is 3. The molecule has 0 bridgehead atoms. The molecule has 0 saturated heterocycles. The molecule has 0 N–H and O–H groups in total. The number of halogens is 3. The van der Waals surface area contributed by atoms with Gasteiger partial charge in [0, 0.05) is 4.91 Å². The molecule has 0 aliphatic carbocycles. The summed E-state index contributed by atoms with van der Waals surface area (Å²) in [7, 11) is 0. The van der Waals surface area contributed by atoms with Gasteiger partial charge in [0.05, 0.1) is 18.7 Å². The number of nitrogens with zero attached hydrogens (tertiary/aromatic N) is 6. The molecule has 0 spiro atoms. The van der Waals surface area contributed by atoms with Crippen molar-refractivity contribution in [3.8, 4) is 11.1 Å². The Bertz CT molecular complexity index is 968. The van der Waals surface area contributed by atoms with Crippen LogP contribution >= 0.6 is 0 Å². The zero-order valence-electron chi connectivity index (χ0n) is 14.4. The van der Waals surface area contributed by atoms with Crippen molar-refractivity contribution in [3.63, 3.8) is 0 Å². The molecule has 0 aliphatic heterocycles. The molecule has 0 amide bonds. The number of rotatable bonds is 5. The number of benzene rings is 2. The highest BCUT2D eigenvalue weighted by molar-refractivity contribution is 5.64. The molecule has 138 valence electrons. The van der Waals surface area contributed by atoms with Crippen LogP contribution in [0.2, 0.25) is 0 Å². The Kier molecular flexibility index (Phi) is 5.14. The van der Waals surface area contributed by atoms with Crippen molar-refractivity contribution in [1.29, 1.82) is 0 Å². The van der Waals surface area contributed by atoms with E-state index >= 15 is 0 Å². The van der Waals surface area contributed by atoms with Gasteiger partial charge in [0.15, 0.2) is 0 Å². The van der Waals surface area contributed by atoms with Gasteiger partial charge in [-0.05, 0) is 41.3 Å². The van der Waals surface area contributed by atoms with Crippen molar-refractivity contribution < 1.29 is 13.2 Å². The standard InChI is InChI=1S/C18H15F3N6/c1-12-24-25-17(10-23-26-22)27(12)11-13-2-4-14(5-3-13)15-6-8-16(9-7-15)18(19,20)21/h2-9H,10-11H2,1H3. The summed E-state index contributed by atoms with van der Waals surface area (Å²) in [6, 6.07) is 12.6. The molecule has 0 radical (unpaired) electrons. The van der Waals surface area contributed by atoms with Crippen LogP contribution in [0.15, 0.2) is 53.6 Å². The maximum Gasteiger partial charge on any atom is 0.416 e. The zero-order valence-corrected chi connectivity index (χ0v) is 14.4. The van der Waals surface area contributed by atoms with Gasteiger partial charge in [-0.1, -0.05) is 41.5 Å². The second-order valence-electron chi connectivity index (χ2n) is 5.91. The quantitative estimate of drug-likeness (QED) is 0.353. The maximum atomic E-state index is 12.7. The first-order chi connectivity index (χ1) is 12.9. The number of azide groups is 1. The van der Waals surface area contributed by atoms with E-state index in [4.69, 9.17) is 5.53 Å². The van der Waals surface area contributed by atoms with Crippen molar-refractivity contribution in [2.75, 3.05) is 0 Å². The first-order valence-electron chi connectivity index (χ1n) is 8.04. The summed E-state index contributed by atoms with van der Waals surface area (Å²) in [5.41, 5.74) is 10.3. The fraction of sp³-hybridized carbons (Fsp3) is 0.222. The van der Waals surface area contributed by atoms with E-state index in [2.05, 4.69) is 20.2 Å². The first-order valence-corrected chi connectivity index (χ1v) is 8.04. The van der Waals surface area contributed by atoms with E-state index in [1.165, 1.54) is 12.1 Å². The molecule has 0 fully saturated rings. The van der Waals surface area contributed by atoms with Gasteiger partial charge < -0.3 is 4.57 Å². The monoisotopic (exact) mass is 372 g/mol. The molecule has 3 aromatic rings. The summed E-state index contributed by atoms with van der Waals surface area (Å²) in [5, 5.41) is 11.5. The number of aryl methyl sites for hydroxylation is 1. The van der Waals surface area contributed by atoms with E-state index in [-0.39, 0.29) is 6.54 Å². The van der Waals surface area contributed by atoms with Gasteiger partial charge in [0.2, 0.25) is 0 Å². The summed E-state index contributed by atoms with van der Waals surface area (Å²) < 4.78 is 39.8. The van der Waals surface area contributed by atoms with Gasteiger partial charge in [-0.15, -0.1) is 10.2 Å². The lowest BCUT2D eigenvalue weighted by Crippen LogP contribution is -2.06. The predicted molar refractivity (Wildman–Crippen MR) is 93.6 cm³/mol. The summed E-state index contributed by atoms with van der Waals surface area (Å²) in [5.74, 6) is 1.27. The van der Waals surface area contributed by atoms with Crippen LogP contribution in [0.3, 0.4) is 0 Å². The molecule has 6 nitrogen and oxygen atoms in total. The van der Waals surface area contributed by atoms with Crippen molar-refractivity contribution in [1.82, 2.24) is 14.8 Å². The minimum Gasteiger partial charge on any atom is -0.311 e. The summed E-state index contributed by atoms with van der Waals surface area (Å²) in [6.07, 6.45) is -4.34. The molecule has 27 heavy (non-hydrogen) atoms. The Balaban J connectivity index is 1.78. The molecule has 3 rings (SSSR count).